The average molecular weight is 262 g/mol. The second kappa shape index (κ2) is 5.43. The SMILES string of the molecule is Cc1c(C)c(C)c(C(=O)C2COCCO2)c(C)c1C. The molecule has 1 aromatic rings. The zero-order valence-electron chi connectivity index (χ0n) is 12.4. The zero-order valence-corrected chi connectivity index (χ0v) is 12.4. The lowest BCUT2D eigenvalue weighted by Gasteiger charge is -2.25. The Bertz CT molecular complexity index is 482. The number of benzene rings is 1. The molecule has 1 aromatic carbocycles. The van der Waals surface area contributed by atoms with Crippen molar-refractivity contribution >= 4 is 5.78 Å². The van der Waals surface area contributed by atoms with Crippen molar-refractivity contribution in [3.63, 3.8) is 0 Å². The van der Waals surface area contributed by atoms with Crippen LogP contribution in [0.1, 0.15) is 38.2 Å². The monoisotopic (exact) mass is 262 g/mol. The van der Waals surface area contributed by atoms with Crippen LogP contribution in [0.15, 0.2) is 0 Å². The number of ether oxygens (including phenoxy) is 2. The van der Waals surface area contributed by atoms with Crippen LogP contribution in [-0.4, -0.2) is 31.7 Å². The van der Waals surface area contributed by atoms with E-state index >= 15 is 0 Å². The minimum Gasteiger partial charge on any atom is -0.376 e. The summed E-state index contributed by atoms with van der Waals surface area (Å²) in [5.74, 6) is 0.0564. The Morgan fingerprint density at radius 2 is 1.42 bits per heavy atom. The van der Waals surface area contributed by atoms with Gasteiger partial charge in [-0.25, -0.2) is 0 Å². The van der Waals surface area contributed by atoms with Gasteiger partial charge in [-0.2, -0.15) is 0 Å². The van der Waals surface area contributed by atoms with Crippen LogP contribution in [0.2, 0.25) is 0 Å². The van der Waals surface area contributed by atoms with E-state index in [-0.39, 0.29) is 5.78 Å². The fourth-order valence-corrected chi connectivity index (χ4v) is 2.67. The summed E-state index contributed by atoms with van der Waals surface area (Å²) in [5, 5.41) is 0. The average Bonchev–Trinajstić information content (AvgIpc) is 2.44. The normalized spacial score (nSPS) is 19.5. The quantitative estimate of drug-likeness (QED) is 0.769. The van der Waals surface area contributed by atoms with Gasteiger partial charge in [0.1, 0.15) is 6.10 Å². The predicted octanol–water partition coefficient (Wildman–Crippen LogP) is 2.83. The third-order valence-corrected chi connectivity index (χ3v) is 4.35. The second-order valence-electron chi connectivity index (χ2n) is 5.30. The van der Waals surface area contributed by atoms with Crippen LogP contribution in [-0.2, 0) is 9.47 Å². The zero-order chi connectivity index (χ0) is 14.2. The highest BCUT2D eigenvalue weighted by Crippen LogP contribution is 2.27. The van der Waals surface area contributed by atoms with E-state index in [1.807, 2.05) is 13.8 Å². The fraction of sp³-hybridized carbons (Fsp3) is 0.562. The van der Waals surface area contributed by atoms with Gasteiger partial charge >= 0.3 is 0 Å². The largest absolute Gasteiger partial charge is 0.376 e. The summed E-state index contributed by atoms with van der Waals surface area (Å²) in [6.07, 6.45) is -0.451. The standard InChI is InChI=1S/C16H22O3/c1-9-10(2)12(4)15(13(5)11(9)3)16(17)14-8-18-6-7-19-14/h14H,6-8H2,1-5H3. The van der Waals surface area contributed by atoms with Crippen LogP contribution >= 0.6 is 0 Å². The smallest absolute Gasteiger partial charge is 0.194 e. The van der Waals surface area contributed by atoms with E-state index in [2.05, 4.69) is 20.8 Å². The molecule has 1 aliphatic rings. The number of Topliss-reactive ketones (excluding diaryl/α,β-unsaturated/α-hetero) is 1. The van der Waals surface area contributed by atoms with Crippen LogP contribution in [0.25, 0.3) is 0 Å². The summed E-state index contributed by atoms with van der Waals surface area (Å²) in [7, 11) is 0. The van der Waals surface area contributed by atoms with Crippen molar-refractivity contribution in [1.82, 2.24) is 0 Å². The Morgan fingerprint density at radius 3 is 1.89 bits per heavy atom. The molecule has 0 bridgehead atoms. The number of carbonyl (C=O) groups is 1. The van der Waals surface area contributed by atoms with Gasteiger partial charge in [0.05, 0.1) is 19.8 Å². The topological polar surface area (TPSA) is 35.5 Å². The van der Waals surface area contributed by atoms with E-state index in [4.69, 9.17) is 9.47 Å². The Morgan fingerprint density at radius 1 is 0.895 bits per heavy atom. The van der Waals surface area contributed by atoms with Crippen molar-refractivity contribution in [1.29, 1.82) is 0 Å². The number of hydrogen-bond acceptors (Lipinski definition) is 3. The summed E-state index contributed by atoms with van der Waals surface area (Å²) < 4.78 is 10.9. The van der Waals surface area contributed by atoms with Gasteiger partial charge in [0.2, 0.25) is 0 Å². The summed E-state index contributed by atoms with van der Waals surface area (Å²) in [6, 6.07) is 0. The molecule has 1 saturated heterocycles. The first-order valence-electron chi connectivity index (χ1n) is 6.75. The Hall–Kier alpha value is -1.19. The molecule has 0 N–H and O–H groups in total. The van der Waals surface area contributed by atoms with Crippen LogP contribution in [0.5, 0.6) is 0 Å². The highest BCUT2D eigenvalue weighted by Gasteiger charge is 2.27. The maximum absolute atomic E-state index is 12.7. The highest BCUT2D eigenvalue weighted by atomic mass is 16.6. The van der Waals surface area contributed by atoms with E-state index in [0.29, 0.717) is 19.8 Å². The molecule has 3 nitrogen and oxygen atoms in total. The molecule has 104 valence electrons. The molecule has 1 fully saturated rings. The maximum atomic E-state index is 12.7. The highest BCUT2D eigenvalue weighted by molar-refractivity contribution is 6.02. The van der Waals surface area contributed by atoms with Gasteiger partial charge in [-0.15, -0.1) is 0 Å². The summed E-state index contributed by atoms with van der Waals surface area (Å²) >= 11 is 0. The minimum atomic E-state index is -0.451. The lowest BCUT2D eigenvalue weighted by atomic mass is 9.86. The van der Waals surface area contributed by atoms with E-state index in [1.165, 1.54) is 16.7 Å². The van der Waals surface area contributed by atoms with Crippen molar-refractivity contribution < 1.29 is 14.3 Å². The molecule has 0 aliphatic carbocycles. The summed E-state index contributed by atoms with van der Waals surface area (Å²) in [6.45, 7) is 11.7. The Labute approximate surface area is 114 Å². The second-order valence-corrected chi connectivity index (χ2v) is 5.30. The van der Waals surface area contributed by atoms with Gasteiger partial charge < -0.3 is 9.47 Å². The van der Waals surface area contributed by atoms with Crippen molar-refractivity contribution in [3.8, 4) is 0 Å². The number of rotatable bonds is 2. The molecule has 1 heterocycles. The van der Waals surface area contributed by atoms with Gasteiger partial charge in [0, 0.05) is 5.56 Å². The van der Waals surface area contributed by atoms with Gasteiger partial charge in [-0.05, 0) is 62.4 Å². The lowest BCUT2D eigenvalue weighted by Crippen LogP contribution is -2.36. The molecular weight excluding hydrogens is 240 g/mol. The van der Waals surface area contributed by atoms with Crippen molar-refractivity contribution in [2.45, 2.75) is 40.7 Å². The van der Waals surface area contributed by atoms with E-state index < -0.39 is 6.10 Å². The van der Waals surface area contributed by atoms with Gasteiger partial charge in [0.15, 0.2) is 5.78 Å². The molecule has 3 heteroatoms. The lowest BCUT2D eigenvalue weighted by molar-refractivity contribution is -0.0719. The first-order valence-corrected chi connectivity index (χ1v) is 6.75. The molecule has 2 rings (SSSR count). The number of hydrogen-bond donors (Lipinski definition) is 0. The van der Waals surface area contributed by atoms with E-state index in [9.17, 15) is 4.79 Å². The molecule has 0 aromatic heterocycles. The van der Waals surface area contributed by atoms with E-state index in [0.717, 1.165) is 16.7 Å². The first-order chi connectivity index (χ1) is 8.95. The van der Waals surface area contributed by atoms with Crippen molar-refractivity contribution in [3.05, 3.63) is 33.4 Å². The summed E-state index contributed by atoms with van der Waals surface area (Å²) in [5.41, 5.74) is 6.62. The molecule has 0 spiro atoms. The van der Waals surface area contributed by atoms with Crippen LogP contribution in [0, 0.1) is 34.6 Å². The molecule has 1 aliphatic heterocycles. The molecule has 0 amide bonds. The molecule has 19 heavy (non-hydrogen) atoms. The van der Waals surface area contributed by atoms with Gasteiger partial charge in [0.25, 0.3) is 0 Å². The molecule has 1 unspecified atom stereocenters. The van der Waals surface area contributed by atoms with Crippen LogP contribution in [0.3, 0.4) is 0 Å². The van der Waals surface area contributed by atoms with Gasteiger partial charge in [-0.3, -0.25) is 4.79 Å². The third kappa shape index (κ3) is 2.45. The Balaban J connectivity index is 2.47. The fourth-order valence-electron chi connectivity index (χ4n) is 2.67. The molecule has 1 atom stereocenters. The molecule has 0 saturated carbocycles. The van der Waals surface area contributed by atoms with E-state index in [1.54, 1.807) is 0 Å². The number of ketones is 1. The molecular formula is C16H22O3. The maximum Gasteiger partial charge on any atom is 0.194 e. The predicted molar refractivity (Wildman–Crippen MR) is 75.0 cm³/mol. The van der Waals surface area contributed by atoms with Crippen LogP contribution in [0.4, 0.5) is 0 Å². The van der Waals surface area contributed by atoms with Gasteiger partial charge in [-0.1, -0.05) is 0 Å². The van der Waals surface area contributed by atoms with Crippen molar-refractivity contribution in [2.75, 3.05) is 19.8 Å². The minimum absolute atomic E-state index is 0.0564. The summed E-state index contributed by atoms with van der Waals surface area (Å²) in [4.78, 5) is 12.7. The molecule has 0 radical (unpaired) electrons. The number of carbonyl (C=O) groups excluding carboxylic acids is 1. The van der Waals surface area contributed by atoms with Crippen LogP contribution < -0.4 is 0 Å². The Kier molecular flexibility index (Phi) is 4.07. The first kappa shape index (κ1) is 14.2. The van der Waals surface area contributed by atoms with Crippen molar-refractivity contribution in [2.24, 2.45) is 0 Å². The third-order valence-electron chi connectivity index (χ3n) is 4.35.